The van der Waals surface area contributed by atoms with E-state index in [1.807, 2.05) is 51.1 Å². The molecule has 1 aromatic heterocycles. The summed E-state index contributed by atoms with van der Waals surface area (Å²) in [5.74, 6) is -5.75. The highest BCUT2D eigenvalue weighted by Crippen LogP contribution is 2.36. The number of thiophene rings is 1. The quantitative estimate of drug-likeness (QED) is 0.236. The van der Waals surface area contributed by atoms with Gasteiger partial charge in [-0.05, 0) is 83.0 Å². The summed E-state index contributed by atoms with van der Waals surface area (Å²) in [4.78, 5) is 46.2. The van der Waals surface area contributed by atoms with Crippen LogP contribution in [0.15, 0.2) is 44.7 Å². The second kappa shape index (κ2) is 16.5. The maximum atomic E-state index is 12.9. The molecule has 0 saturated carbocycles. The summed E-state index contributed by atoms with van der Waals surface area (Å²) in [6.45, 7) is 6.12. The third-order valence-corrected chi connectivity index (χ3v) is 8.46. The topological polar surface area (TPSA) is 130 Å². The van der Waals surface area contributed by atoms with Crippen molar-refractivity contribution in [2.24, 2.45) is 5.92 Å². The Hall–Kier alpha value is -2.86. The maximum absolute atomic E-state index is 12.9. The molecule has 1 saturated heterocycles. The Morgan fingerprint density at radius 2 is 1.45 bits per heavy atom. The molecule has 9 nitrogen and oxygen atoms in total. The second-order valence-electron chi connectivity index (χ2n) is 9.99. The van der Waals surface area contributed by atoms with E-state index in [1.54, 1.807) is 11.3 Å². The molecule has 18 heteroatoms. The lowest BCUT2D eigenvalue weighted by Gasteiger charge is -2.27. The van der Waals surface area contributed by atoms with Crippen LogP contribution in [0.25, 0.3) is 0 Å². The average Bonchev–Trinajstić information content (AvgIpc) is 3.44. The van der Waals surface area contributed by atoms with E-state index in [-0.39, 0.29) is 18.5 Å². The lowest BCUT2D eigenvalue weighted by atomic mass is 10.0. The van der Waals surface area contributed by atoms with E-state index in [0.29, 0.717) is 13.0 Å². The molecule has 1 aliphatic rings. The van der Waals surface area contributed by atoms with Crippen molar-refractivity contribution in [2.75, 3.05) is 6.54 Å². The van der Waals surface area contributed by atoms with Crippen molar-refractivity contribution >= 4 is 67.2 Å². The fourth-order valence-electron chi connectivity index (χ4n) is 3.42. The highest BCUT2D eigenvalue weighted by atomic mass is 79.9. The molecule has 2 heterocycles. The zero-order valence-corrected chi connectivity index (χ0v) is 27.2. The molecule has 246 valence electrons. The first-order chi connectivity index (χ1) is 20.0. The molecule has 2 atom stereocenters. The molecular formula is C26H27Br2F6NO8S. The van der Waals surface area contributed by atoms with E-state index in [0.717, 1.165) is 20.2 Å². The molecular weight excluding hydrogens is 760 g/mol. The van der Waals surface area contributed by atoms with Crippen molar-refractivity contribution < 1.29 is 65.2 Å². The minimum Gasteiger partial charge on any atom is -0.475 e. The van der Waals surface area contributed by atoms with Gasteiger partial charge in [-0.2, -0.15) is 26.3 Å². The monoisotopic (exact) mass is 785 g/mol. The Morgan fingerprint density at radius 1 is 0.955 bits per heavy atom. The summed E-state index contributed by atoms with van der Waals surface area (Å²) in [7, 11) is 0. The number of carboxylic acid groups (broad SMARTS) is 2. The normalized spacial score (nSPS) is 16.6. The molecule has 1 aliphatic heterocycles. The number of carbonyl (C=O) groups is 4. The number of hydrogen-bond acceptors (Lipinski definition) is 7. The van der Waals surface area contributed by atoms with Gasteiger partial charge >= 0.3 is 36.4 Å². The van der Waals surface area contributed by atoms with E-state index in [1.165, 1.54) is 9.78 Å². The summed E-state index contributed by atoms with van der Waals surface area (Å²) in [6.07, 6.45) is -9.29. The Morgan fingerprint density at radius 3 is 1.86 bits per heavy atom. The van der Waals surface area contributed by atoms with Crippen LogP contribution in [0.5, 0.6) is 0 Å². The molecule has 0 bridgehead atoms. The van der Waals surface area contributed by atoms with Gasteiger partial charge in [0.05, 0.1) is 3.79 Å². The first-order valence-electron chi connectivity index (χ1n) is 12.2. The lowest BCUT2D eigenvalue weighted by Crippen LogP contribution is -2.44. The molecule has 1 fully saturated rings. The van der Waals surface area contributed by atoms with Crippen LogP contribution in [0.3, 0.4) is 0 Å². The molecule has 44 heavy (non-hydrogen) atoms. The zero-order valence-electron chi connectivity index (χ0n) is 23.2. The van der Waals surface area contributed by atoms with Gasteiger partial charge in [0.25, 0.3) is 0 Å². The summed E-state index contributed by atoms with van der Waals surface area (Å²) in [6, 6.07) is 11.0. The number of aliphatic carboxylic acids is 2. The number of alkyl halides is 6. The summed E-state index contributed by atoms with van der Waals surface area (Å²) in [5.41, 5.74) is 0.287. The van der Waals surface area contributed by atoms with Gasteiger partial charge < -0.3 is 19.7 Å². The molecule has 1 amide bonds. The zero-order chi connectivity index (χ0) is 34.0. The number of benzene rings is 1. The number of carboxylic acids is 2. The van der Waals surface area contributed by atoms with Gasteiger partial charge in [-0.1, -0.05) is 30.3 Å². The highest BCUT2D eigenvalue weighted by molar-refractivity contribution is 9.13. The number of nitrogens with zero attached hydrogens (tertiary/aromatic N) is 1. The average molecular weight is 787 g/mol. The van der Waals surface area contributed by atoms with Crippen molar-refractivity contribution in [1.29, 1.82) is 0 Å². The number of hydrogen-bond donors (Lipinski definition) is 2. The molecule has 2 N–H and O–H groups in total. The van der Waals surface area contributed by atoms with Gasteiger partial charge in [-0.15, -0.1) is 11.3 Å². The number of amides is 1. The van der Waals surface area contributed by atoms with Gasteiger partial charge in [0.1, 0.15) is 18.2 Å². The fourth-order valence-corrected chi connectivity index (χ4v) is 5.71. The van der Waals surface area contributed by atoms with E-state index in [9.17, 15) is 35.9 Å². The largest absolute Gasteiger partial charge is 0.490 e. The van der Waals surface area contributed by atoms with Crippen molar-refractivity contribution in [2.45, 2.75) is 64.2 Å². The third kappa shape index (κ3) is 14.3. The van der Waals surface area contributed by atoms with Gasteiger partial charge in [0, 0.05) is 15.9 Å². The van der Waals surface area contributed by atoms with Crippen LogP contribution in [0, 0.1) is 5.92 Å². The Balaban J connectivity index is 0.000000574. The van der Waals surface area contributed by atoms with Crippen LogP contribution in [-0.4, -0.2) is 69.7 Å². The molecule has 2 aromatic rings. The second-order valence-corrected chi connectivity index (χ2v) is 13.3. The first kappa shape index (κ1) is 39.2. The van der Waals surface area contributed by atoms with Crippen LogP contribution in [-0.2, 0) is 36.9 Å². The van der Waals surface area contributed by atoms with Crippen molar-refractivity contribution in [1.82, 2.24) is 4.90 Å². The van der Waals surface area contributed by atoms with Crippen molar-refractivity contribution in [3.63, 3.8) is 0 Å². The molecule has 0 spiro atoms. The van der Waals surface area contributed by atoms with E-state index in [4.69, 9.17) is 29.3 Å². The summed E-state index contributed by atoms with van der Waals surface area (Å²) in [5, 5.41) is 14.2. The summed E-state index contributed by atoms with van der Waals surface area (Å²) >= 11 is 8.70. The van der Waals surface area contributed by atoms with Crippen LogP contribution >= 0.6 is 43.2 Å². The van der Waals surface area contributed by atoms with Crippen molar-refractivity contribution in [3.8, 4) is 0 Å². The van der Waals surface area contributed by atoms with Gasteiger partial charge in [0.2, 0.25) is 0 Å². The number of rotatable bonds is 5. The number of halogens is 8. The molecule has 1 aromatic carbocycles. The van der Waals surface area contributed by atoms with E-state index < -0.39 is 42.0 Å². The minimum atomic E-state index is -5.08. The third-order valence-electron chi connectivity index (χ3n) is 5.18. The minimum absolute atomic E-state index is 0.157. The number of ether oxygens (including phenoxy) is 2. The summed E-state index contributed by atoms with van der Waals surface area (Å²) < 4.78 is 76.6. The molecule has 3 rings (SSSR count). The van der Waals surface area contributed by atoms with Crippen molar-refractivity contribution in [3.05, 3.63) is 55.1 Å². The fraction of sp³-hybridized carbons (Fsp3) is 0.462. The maximum Gasteiger partial charge on any atom is 0.490 e. The molecule has 0 aliphatic carbocycles. The van der Waals surface area contributed by atoms with Crippen LogP contribution in [0.4, 0.5) is 31.1 Å². The highest BCUT2D eigenvalue weighted by Gasteiger charge is 2.42. The number of carbonyl (C=O) groups excluding carboxylic acids is 2. The van der Waals surface area contributed by atoms with Crippen LogP contribution < -0.4 is 0 Å². The first-order valence-corrected chi connectivity index (χ1v) is 14.7. The van der Waals surface area contributed by atoms with Gasteiger partial charge in [-0.25, -0.2) is 19.2 Å². The van der Waals surface area contributed by atoms with Crippen LogP contribution in [0.2, 0.25) is 0 Å². The van der Waals surface area contributed by atoms with E-state index in [2.05, 4.69) is 37.9 Å². The van der Waals surface area contributed by atoms with Gasteiger partial charge in [-0.3, -0.25) is 4.90 Å². The Labute approximate surface area is 268 Å². The Bertz CT molecular complexity index is 1240. The lowest BCUT2D eigenvalue weighted by molar-refractivity contribution is -0.193. The number of likely N-dealkylation sites (tertiary alicyclic amines) is 1. The standard InChI is InChI=1S/C22H25Br2NO4S.2C2HF3O2/c1-22(2,3)29-21(27)25-12-15(9-16-11-17(23)19(24)30-16)10-18(25)20(26)28-13-14-7-5-4-6-8-14;2*3-2(4,5)1(6)7/h4-8,11,15,18H,9-10,12-13H2,1-3H3;2*(H,6,7)/t15-,18+;;/m0../s1. The van der Waals surface area contributed by atoms with E-state index >= 15 is 0 Å². The van der Waals surface area contributed by atoms with Gasteiger partial charge in [0.15, 0.2) is 0 Å². The SMILES string of the molecule is CC(C)(C)OC(=O)N1C[C@@H](Cc2cc(Br)c(Br)s2)C[C@@H]1C(=O)OCc1ccccc1.O=C(O)C(F)(F)F.O=C(O)C(F)(F)F. The predicted molar refractivity (Wildman–Crippen MR) is 152 cm³/mol. The predicted octanol–water partition coefficient (Wildman–Crippen LogP) is 7.45. The molecule has 0 unspecified atom stereocenters. The molecule has 0 radical (unpaired) electrons. The Kier molecular flexibility index (Phi) is 14.6. The smallest absolute Gasteiger partial charge is 0.475 e. The number of esters is 1. The van der Waals surface area contributed by atoms with Crippen LogP contribution in [0.1, 0.15) is 37.6 Å².